The molecule has 0 nitrogen and oxygen atoms in total. The molecule has 1 aromatic rings. The van der Waals surface area contributed by atoms with Crippen LogP contribution in [0.25, 0.3) is 0 Å². The molecule has 0 N–H and O–H groups in total. The van der Waals surface area contributed by atoms with Gasteiger partial charge < -0.3 is 0 Å². The maximum absolute atomic E-state index is 5.84. The van der Waals surface area contributed by atoms with E-state index in [0.717, 1.165) is 0 Å². The van der Waals surface area contributed by atoms with E-state index in [9.17, 15) is 0 Å². The molecule has 0 aliphatic heterocycles. The van der Waals surface area contributed by atoms with Crippen LogP contribution in [0.2, 0.25) is 0 Å². The number of alkyl halides is 1. The van der Waals surface area contributed by atoms with Crippen LogP contribution in [0.3, 0.4) is 0 Å². The number of halogens is 2. The number of hydrogen-bond donors (Lipinski definition) is 0. The average molecular weight is 248 g/mol. The van der Waals surface area contributed by atoms with Gasteiger partial charge in [0.25, 0.3) is 0 Å². The topological polar surface area (TPSA) is 0 Å². The molecule has 0 fully saturated rings. The van der Waals surface area contributed by atoms with E-state index in [1.807, 2.05) is 0 Å². The first-order chi connectivity index (χ1) is 5.57. The van der Waals surface area contributed by atoms with Gasteiger partial charge in [0.2, 0.25) is 0 Å². The minimum atomic E-state index is 0.594. The largest absolute Gasteiger partial charge is 0.122 e. The Labute approximate surface area is 87.1 Å². The van der Waals surface area contributed by atoms with Gasteiger partial charge in [-0.3, -0.25) is 0 Å². The SMILES string of the molecule is Cc1cc(C)c(CCl)c(C)c1Br. The molecule has 1 rings (SSSR count). The van der Waals surface area contributed by atoms with Crippen LogP contribution in [-0.4, -0.2) is 0 Å². The summed E-state index contributed by atoms with van der Waals surface area (Å²) < 4.78 is 1.18. The highest BCUT2D eigenvalue weighted by Gasteiger charge is 2.07. The van der Waals surface area contributed by atoms with Crippen LogP contribution in [-0.2, 0) is 5.88 Å². The standard InChI is InChI=1S/C10H12BrCl/c1-6-4-7(2)10(11)8(3)9(6)5-12/h4H,5H2,1-3H3. The summed E-state index contributed by atoms with van der Waals surface area (Å²) in [5, 5.41) is 0. The molecular formula is C10H12BrCl. The van der Waals surface area contributed by atoms with E-state index in [1.54, 1.807) is 0 Å². The minimum absolute atomic E-state index is 0.594. The van der Waals surface area contributed by atoms with Gasteiger partial charge in [0.1, 0.15) is 0 Å². The van der Waals surface area contributed by atoms with Crippen molar-refractivity contribution in [2.75, 3.05) is 0 Å². The van der Waals surface area contributed by atoms with Crippen molar-refractivity contribution in [3.63, 3.8) is 0 Å². The van der Waals surface area contributed by atoms with Gasteiger partial charge in [0, 0.05) is 10.4 Å². The lowest BCUT2D eigenvalue weighted by atomic mass is 10.0. The fraction of sp³-hybridized carbons (Fsp3) is 0.400. The Kier molecular flexibility index (Phi) is 3.19. The van der Waals surface area contributed by atoms with Gasteiger partial charge in [-0.15, -0.1) is 11.6 Å². The lowest BCUT2D eigenvalue weighted by molar-refractivity contribution is 1.19. The molecule has 0 saturated carbocycles. The molecular weight excluding hydrogens is 235 g/mol. The van der Waals surface area contributed by atoms with E-state index in [1.165, 1.54) is 26.7 Å². The molecule has 2 heteroatoms. The molecule has 0 aromatic heterocycles. The van der Waals surface area contributed by atoms with Crippen molar-refractivity contribution in [2.45, 2.75) is 26.7 Å². The van der Waals surface area contributed by atoms with Crippen LogP contribution < -0.4 is 0 Å². The molecule has 0 aliphatic rings. The Morgan fingerprint density at radius 2 is 1.83 bits per heavy atom. The molecule has 1 aromatic carbocycles. The molecule has 0 spiro atoms. The number of aryl methyl sites for hydroxylation is 2. The second-order valence-corrected chi connectivity index (χ2v) is 4.12. The zero-order chi connectivity index (χ0) is 9.30. The third-order valence-corrected chi connectivity index (χ3v) is 3.66. The molecule has 0 radical (unpaired) electrons. The van der Waals surface area contributed by atoms with Crippen molar-refractivity contribution in [2.24, 2.45) is 0 Å². The molecule has 0 bridgehead atoms. The number of benzene rings is 1. The first kappa shape index (κ1) is 10.1. The summed E-state index contributed by atoms with van der Waals surface area (Å²) in [5.41, 5.74) is 5.07. The second-order valence-electron chi connectivity index (χ2n) is 3.06. The first-order valence-corrected chi connectivity index (χ1v) is 5.21. The van der Waals surface area contributed by atoms with Gasteiger partial charge in [-0.1, -0.05) is 22.0 Å². The molecule has 0 amide bonds. The molecule has 0 heterocycles. The third kappa shape index (κ3) is 1.67. The highest BCUT2D eigenvalue weighted by molar-refractivity contribution is 9.10. The second kappa shape index (κ2) is 3.80. The zero-order valence-electron chi connectivity index (χ0n) is 7.54. The summed E-state index contributed by atoms with van der Waals surface area (Å²) in [6, 6.07) is 2.16. The molecule has 12 heavy (non-hydrogen) atoms. The third-order valence-electron chi connectivity index (χ3n) is 2.17. The highest BCUT2D eigenvalue weighted by Crippen LogP contribution is 2.27. The Bertz CT molecular complexity index is 305. The van der Waals surface area contributed by atoms with Crippen molar-refractivity contribution in [3.05, 3.63) is 32.8 Å². The predicted molar refractivity (Wildman–Crippen MR) is 57.9 cm³/mol. The van der Waals surface area contributed by atoms with Crippen LogP contribution in [0.1, 0.15) is 22.3 Å². The Balaban J connectivity index is 3.40. The first-order valence-electron chi connectivity index (χ1n) is 3.89. The monoisotopic (exact) mass is 246 g/mol. The van der Waals surface area contributed by atoms with Crippen molar-refractivity contribution in [1.82, 2.24) is 0 Å². The lowest BCUT2D eigenvalue weighted by Crippen LogP contribution is -1.93. The summed E-state index contributed by atoms with van der Waals surface area (Å²) in [7, 11) is 0. The van der Waals surface area contributed by atoms with Crippen LogP contribution in [0, 0.1) is 20.8 Å². The molecule has 0 aliphatic carbocycles. The minimum Gasteiger partial charge on any atom is -0.122 e. The molecule has 66 valence electrons. The van der Waals surface area contributed by atoms with Gasteiger partial charge in [-0.05, 0) is 43.0 Å². The van der Waals surface area contributed by atoms with Crippen LogP contribution in [0.4, 0.5) is 0 Å². The van der Waals surface area contributed by atoms with Crippen molar-refractivity contribution >= 4 is 27.5 Å². The Hall–Kier alpha value is -0.0100. The lowest BCUT2D eigenvalue weighted by Gasteiger charge is -2.11. The van der Waals surface area contributed by atoms with Gasteiger partial charge in [0.05, 0.1) is 0 Å². The molecule has 0 unspecified atom stereocenters. The van der Waals surface area contributed by atoms with Gasteiger partial charge >= 0.3 is 0 Å². The van der Waals surface area contributed by atoms with Crippen molar-refractivity contribution < 1.29 is 0 Å². The average Bonchev–Trinajstić information content (AvgIpc) is 2.01. The van der Waals surface area contributed by atoms with E-state index in [0.29, 0.717) is 5.88 Å². The van der Waals surface area contributed by atoms with E-state index in [-0.39, 0.29) is 0 Å². The van der Waals surface area contributed by atoms with Crippen LogP contribution in [0.15, 0.2) is 10.5 Å². The zero-order valence-corrected chi connectivity index (χ0v) is 9.88. The van der Waals surface area contributed by atoms with Crippen LogP contribution >= 0.6 is 27.5 Å². The quantitative estimate of drug-likeness (QED) is 0.655. The Morgan fingerprint density at radius 1 is 1.25 bits per heavy atom. The van der Waals surface area contributed by atoms with Crippen molar-refractivity contribution in [3.8, 4) is 0 Å². The van der Waals surface area contributed by atoms with E-state index in [4.69, 9.17) is 11.6 Å². The van der Waals surface area contributed by atoms with Crippen molar-refractivity contribution in [1.29, 1.82) is 0 Å². The van der Waals surface area contributed by atoms with E-state index in [2.05, 4.69) is 42.8 Å². The summed E-state index contributed by atoms with van der Waals surface area (Å²) in [6.45, 7) is 6.30. The van der Waals surface area contributed by atoms with E-state index >= 15 is 0 Å². The fourth-order valence-corrected chi connectivity index (χ4v) is 2.17. The highest BCUT2D eigenvalue weighted by atomic mass is 79.9. The molecule has 0 saturated heterocycles. The summed E-state index contributed by atoms with van der Waals surface area (Å²) in [6.07, 6.45) is 0. The van der Waals surface area contributed by atoms with Crippen LogP contribution in [0.5, 0.6) is 0 Å². The van der Waals surface area contributed by atoms with Gasteiger partial charge in [-0.2, -0.15) is 0 Å². The normalized spacial score (nSPS) is 10.4. The van der Waals surface area contributed by atoms with Gasteiger partial charge in [-0.25, -0.2) is 0 Å². The van der Waals surface area contributed by atoms with E-state index < -0.39 is 0 Å². The fourth-order valence-electron chi connectivity index (χ4n) is 1.40. The van der Waals surface area contributed by atoms with Gasteiger partial charge in [0.15, 0.2) is 0 Å². The molecule has 0 atom stereocenters. The number of hydrogen-bond acceptors (Lipinski definition) is 0. The maximum Gasteiger partial charge on any atom is 0.0479 e. The summed E-state index contributed by atoms with van der Waals surface area (Å²) in [4.78, 5) is 0. The summed E-state index contributed by atoms with van der Waals surface area (Å²) in [5.74, 6) is 0.594. The maximum atomic E-state index is 5.84. The Morgan fingerprint density at radius 3 is 2.33 bits per heavy atom. The summed E-state index contributed by atoms with van der Waals surface area (Å²) >= 11 is 9.39. The predicted octanol–water partition coefficient (Wildman–Crippen LogP) is 4.11. The number of rotatable bonds is 1. The smallest absolute Gasteiger partial charge is 0.0479 e.